The Morgan fingerprint density at radius 1 is 1.37 bits per heavy atom. The van der Waals surface area contributed by atoms with E-state index in [1.165, 1.54) is 4.90 Å². The van der Waals surface area contributed by atoms with Crippen molar-refractivity contribution in [3.05, 3.63) is 33.8 Å². The van der Waals surface area contributed by atoms with Crippen molar-refractivity contribution in [1.29, 1.82) is 0 Å². The number of benzene rings is 1. The summed E-state index contributed by atoms with van der Waals surface area (Å²) in [7, 11) is 0. The molecule has 1 aromatic heterocycles. The van der Waals surface area contributed by atoms with E-state index in [0.717, 1.165) is 11.3 Å². The number of fused-ring (bicyclic) bond motifs is 1. The lowest BCUT2D eigenvalue weighted by Gasteiger charge is -2.38. The van der Waals surface area contributed by atoms with Gasteiger partial charge in [0.05, 0.1) is 18.0 Å². The molecule has 0 saturated carbocycles. The summed E-state index contributed by atoms with van der Waals surface area (Å²) in [6.07, 6.45) is 0.0289. The third-order valence-corrected chi connectivity index (χ3v) is 5.69. The molecule has 2 heterocycles. The van der Waals surface area contributed by atoms with Gasteiger partial charge in [0.25, 0.3) is 5.91 Å². The second-order valence-electron chi connectivity index (χ2n) is 7.13. The van der Waals surface area contributed by atoms with E-state index in [-0.39, 0.29) is 31.4 Å². The molecule has 0 spiro atoms. The molecule has 0 radical (unpaired) electrons. The number of thiazole rings is 1. The van der Waals surface area contributed by atoms with Gasteiger partial charge in [-0.2, -0.15) is 0 Å². The molecule has 1 aromatic carbocycles. The van der Waals surface area contributed by atoms with E-state index in [1.54, 1.807) is 45.9 Å². The summed E-state index contributed by atoms with van der Waals surface area (Å²) in [5.74, 6) is -0.541. The highest BCUT2D eigenvalue weighted by molar-refractivity contribution is 7.17. The highest BCUT2D eigenvalue weighted by Gasteiger charge is 2.41. The van der Waals surface area contributed by atoms with E-state index in [1.807, 2.05) is 0 Å². The smallest absolute Gasteiger partial charge is 0.350 e. The van der Waals surface area contributed by atoms with Crippen molar-refractivity contribution in [2.75, 3.05) is 23.4 Å². The van der Waals surface area contributed by atoms with Crippen LogP contribution >= 0.6 is 22.9 Å². The summed E-state index contributed by atoms with van der Waals surface area (Å²) >= 11 is 7.13. The van der Waals surface area contributed by atoms with Crippen LogP contribution in [0.15, 0.2) is 18.2 Å². The number of ether oxygens (including phenoxy) is 2. The number of anilines is 2. The summed E-state index contributed by atoms with van der Waals surface area (Å²) in [5, 5.41) is 3.44. The van der Waals surface area contributed by atoms with E-state index in [0.29, 0.717) is 32.2 Å². The maximum atomic E-state index is 12.8. The molecule has 0 saturated heterocycles. The molecule has 1 N–H and O–H groups in total. The summed E-state index contributed by atoms with van der Waals surface area (Å²) in [5.41, 5.74) is -0.0464. The molecule has 0 atom stereocenters. The minimum Gasteiger partial charge on any atom is -0.476 e. The van der Waals surface area contributed by atoms with Crippen molar-refractivity contribution >= 4 is 51.5 Å². The van der Waals surface area contributed by atoms with E-state index >= 15 is 0 Å². The van der Waals surface area contributed by atoms with Crippen LogP contribution in [0.4, 0.5) is 10.8 Å². The first-order valence-electron chi connectivity index (χ1n) is 9.37. The molecule has 160 valence electrons. The molecule has 8 nitrogen and oxygen atoms in total. The van der Waals surface area contributed by atoms with Crippen LogP contribution in [0.5, 0.6) is 5.75 Å². The van der Waals surface area contributed by atoms with Crippen LogP contribution in [-0.4, -0.2) is 41.5 Å². The van der Waals surface area contributed by atoms with Gasteiger partial charge < -0.3 is 19.7 Å². The molecule has 1 aliphatic rings. The summed E-state index contributed by atoms with van der Waals surface area (Å²) < 4.78 is 10.8. The molecular weight excluding hydrogens is 430 g/mol. The molecule has 10 heteroatoms. The normalized spacial score (nSPS) is 14.7. The molecule has 0 aliphatic carbocycles. The van der Waals surface area contributed by atoms with E-state index in [4.69, 9.17) is 21.1 Å². The van der Waals surface area contributed by atoms with Crippen molar-refractivity contribution in [1.82, 2.24) is 4.98 Å². The zero-order chi connectivity index (χ0) is 22.1. The highest BCUT2D eigenvalue weighted by Crippen LogP contribution is 2.39. The summed E-state index contributed by atoms with van der Waals surface area (Å²) in [4.78, 5) is 43.3. The van der Waals surface area contributed by atoms with Crippen LogP contribution < -0.4 is 15.0 Å². The highest BCUT2D eigenvalue weighted by atomic mass is 35.5. The predicted molar refractivity (Wildman–Crippen MR) is 115 cm³/mol. The molecule has 0 unspecified atom stereocenters. The Hall–Kier alpha value is -2.65. The average molecular weight is 452 g/mol. The maximum Gasteiger partial charge on any atom is 0.350 e. The van der Waals surface area contributed by atoms with Crippen LogP contribution in [0.1, 0.15) is 42.6 Å². The number of carbonyl (C=O) groups excluding carboxylic acids is 3. The number of aromatic nitrogens is 1. The van der Waals surface area contributed by atoms with Gasteiger partial charge >= 0.3 is 5.97 Å². The van der Waals surface area contributed by atoms with Crippen molar-refractivity contribution in [2.45, 2.75) is 39.7 Å². The first-order chi connectivity index (χ1) is 14.1. The number of hydrogen-bond acceptors (Lipinski definition) is 7. The maximum absolute atomic E-state index is 12.8. The van der Waals surface area contributed by atoms with E-state index in [2.05, 4.69) is 10.3 Å². The SMILES string of the molecule is CCOC(=O)c1sc(NC(=O)CCN2C(=O)C(C)(C)Oc3ccc(Cl)cc32)nc1C. The van der Waals surface area contributed by atoms with Gasteiger partial charge in [-0.25, -0.2) is 9.78 Å². The first kappa shape index (κ1) is 22.0. The van der Waals surface area contributed by atoms with Gasteiger partial charge in [-0.3, -0.25) is 9.59 Å². The van der Waals surface area contributed by atoms with Crippen molar-refractivity contribution in [3.8, 4) is 5.75 Å². The Bertz CT molecular complexity index is 1000. The lowest BCUT2D eigenvalue weighted by molar-refractivity contribution is -0.132. The zero-order valence-electron chi connectivity index (χ0n) is 17.1. The summed E-state index contributed by atoms with van der Waals surface area (Å²) in [6, 6.07) is 5.02. The van der Waals surface area contributed by atoms with Gasteiger partial charge in [0, 0.05) is 18.0 Å². The standard InChI is InChI=1S/C20H22ClN3O5S/c1-5-28-17(26)16-11(2)22-19(30-16)23-15(25)8-9-24-13-10-12(21)6-7-14(13)29-20(3,4)18(24)27/h6-7,10H,5,8-9H2,1-4H3,(H,22,23,25). The molecule has 3 rings (SSSR count). The van der Waals surface area contributed by atoms with Gasteiger partial charge in [0.1, 0.15) is 10.6 Å². The predicted octanol–water partition coefficient (Wildman–Crippen LogP) is 3.81. The number of amides is 2. The Kier molecular flexibility index (Phi) is 6.33. The molecular formula is C20H22ClN3O5S. The third-order valence-electron chi connectivity index (χ3n) is 4.40. The average Bonchev–Trinajstić information content (AvgIpc) is 3.03. The fraction of sp³-hybridized carbons (Fsp3) is 0.400. The largest absolute Gasteiger partial charge is 0.476 e. The molecule has 0 bridgehead atoms. The first-order valence-corrected chi connectivity index (χ1v) is 10.6. The lowest BCUT2D eigenvalue weighted by Crippen LogP contribution is -2.53. The monoisotopic (exact) mass is 451 g/mol. The fourth-order valence-corrected chi connectivity index (χ4v) is 4.04. The number of rotatable bonds is 6. The van der Waals surface area contributed by atoms with Gasteiger partial charge in [0.15, 0.2) is 10.7 Å². The molecule has 2 aromatic rings. The number of nitrogens with one attached hydrogen (secondary N) is 1. The number of halogens is 1. The molecule has 2 amide bonds. The van der Waals surface area contributed by atoms with Gasteiger partial charge in [0.2, 0.25) is 5.91 Å². The molecule has 0 fully saturated rings. The van der Waals surface area contributed by atoms with Crippen LogP contribution in [0.2, 0.25) is 5.02 Å². The van der Waals surface area contributed by atoms with Crippen molar-refractivity contribution in [2.24, 2.45) is 0 Å². The second-order valence-corrected chi connectivity index (χ2v) is 8.57. The summed E-state index contributed by atoms with van der Waals surface area (Å²) in [6.45, 7) is 7.14. The Morgan fingerprint density at radius 2 is 2.10 bits per heavy atom. The van der Waals surface area contributed by atoms with Crippen molar-refractivity contribution < 1.29 is 23.9 Å². The van der Waals surface area contributed by atoms with Crippen molar-refractivity contribution in [3.63, 3.8) is 0 Å². The van der Waals surface area contributed by atoms with E-state index in [9.17, 15) is 14.4 Å². The minimum atomic E-state index is -1.06. The fourth-order valence-electron chi connectivity index (χ4n) is 2.99. The Morgan fingerprint density at radius 3 is 2.80 bits per heavy atom. The van der Waals surface area contributed by atoms with Gasteiger partial charge in [-0.15, -0.1) is 0 Å². The molecule has 30 heavy (non-hydrogen) atoms. The zero-order valence-corrected chi connectivity index (χ0v) is 18.6. The van der Waals surface area contributed by atoms with Gasteiger partial charge in [-0.05, 0) is 45.9 Å². The van der Waals surface area contributed by atoms with E-state index < -0.39 is 11.6 Å². The van der Waals surface area contributed by atoms with Crippen LogP contribution in [0, 0.1) is 6.92 Å². The number of esters is 1. The number of hydrogen-bond donors (Lipinski definition) is 1. The topological polar surface area (TPSA) is 97.8 Å². The number of nitrogens with zero attached hydrogens (tertiary/aromatic N) is 2. The number of carbonyl (C=O) groups is 3. The Balaban J connectivity index is 1.70. The quantitative estimate of drug-likeness (QED) is 0.670. The molecule has 1 aliphatic heterocycles. The lowest BCUT2D eigenvalue weighted by atomic mass is 10.0. The Labute approximate surface area is 183 Å². The van der Waals surface area contributed by atoms with Gasteiger partial charge in [-0.1, -0.05) is 22.9 Å². The second kappa shape index (κ2) is 8.61. The van der Waals surface area contributed by atoms with Crippen LogP contribution in [-0.2, 0) is 14.3 Å². The number of aryl methyl sites for hydroxylation is 1. The van der Waals surface area contributed by atoms with Crippen LogP contribution in [0.25, 0.3) is 0 Å². The minimum absolute atomic E-state index is 0.0289. The van der Waals surface area contributed by atoms with Crippen LogP contribution in [0.3, 0.4) is 0 Å². The third kappa shape index (κ3) is 4.57.